The molecule has 0 aromatic carbocycles. The predicted molar refractivity (Wildman–Crippen MR) is 68.9 cm³/mol. The van der Waals surface area contributed by atoms with Crippen molar-refractivity contribution in [3.05, 3.63) is 11.8 Å². The average Bonchev–Trinajstić information content (AvgIpc) is 2.73. The van der Waals surface area contributed by atoms with Crippen LogP contribution >= 0.6 is 0 Å². The van der Waals surface area contributed by atoms with E-state index in [-0.39, 0.29) is 23.8 Å². The zero-order chi connectivity index (χ0) is 14.6. The summed E-state index contributed by atoms with van der Waals surface area (Å²) >= 11 is 0. The molecule has 19 heavy (non-hydrogen) atoms. The highest BCUT2D eigenvalue weighted by molar-refractivity contribution is 5.91. The van der Waals surface area contributed by atoms with Crippen LogP contribution in [0.2, 0.25) is 0 Å². The van der Waals surface area contributed by atoms with Gasteiger partial charge in [-0.05, 0) is 6.92 Å². The molecule has 106 valence electrons. The van der Waals surface area contributed by atoms with Crippen LogP contribution in [0.1, 0.15) is 33.4 Å². The number of nitrogens with zero attached hydrogens (tertiary/aromatic N) is 1. The molecule has 1 aromatic heterocycles. The van der Waals surface area contributed by atoms with Gasteiger partial charge < -0.3 is 9.63 Å². The molecule has 0 saturated heterocycles. The Morgan fingerprint density at radius 3 is 2.58 bits per heavy atom. The maximum absolute atomic E-state index is 11.5. The van der Waals surface area contributed by atoms with E-state index in [9.17, 15) is 9.59 Å². The van der Waals surface area contributed by atoms with Crippen molar-refractivity contribution in [1.29, 1.82) is 0 Å². The van der Waals surface area contributed by atoms with Crippen LogP contribution in [0, 0.1) is 0 Å². The Morgan fingerprint density at radius 1 is 1.47 bits per heavy atom. The Bertz CT molecular complexity index is 462. The van der Waals surface area contributed by atoms with Crippen LogP contribution in [0.4, 0.5) is 5.88 Å². The van der Waals surface area contributed by atoms with Crippen LogP contribution in [-0.4, -0.2) is 34.7 Å². The number of hydrogen-bond acceptors (Lipinski definition) is 5. The quantitative estimate of drug-likeness (QED) is 0.735. The fraction of sp³-hybridized carbons (Fsp3) is 0.583. The van der Waals surface area contributed by atoms with Crippen molar-refractivity contribution in [1.82, 2.24) is 10.5 Å². The molecule has 0 bridgehead atoms. The van der Waals surface area contributed by atoms with Crippen molar-refractivity contribution in [3.63, 3.8) is 0 Å². The smallest absolute Gasteiger partial charge is 0.320 e. The lowest BCUT2D eigenvalue weighted by atomic mass is 9.92. The van der Waals surface area contributed by atoms with Crippen LogP contribution in [0.25, 0.3) is 0 Å². The van der Waals surface area contributed by atoms with Crippen molar-refractivity contribution in [2.24, 2.45) is 0 Å². The standard InChI is InChI=1S/C12H19N3O4/c1-7(11(17)18)13-6-9(16)14-10-5-8(15-19-10)12(2,3)4/h5,7,13H,6H2,1-4H3,(H,14,16)(H,17,18)/t7-/m0/s1. The topological polar surface area (TPSA) is 104 Å². The number of carboxylic acids is 1. The summed E-state index contributed by atoms with van der Waals surface area (Å²) in [6, 6.07) is 0.865. The van der Waals surface area contributed by atoms with Crippen molar-refractivity contribution in [2.45, 2.75) is 39.2 Å². The van der Waals surface area contributed by atoms with Crippen molar-refractivity contribution in [2.75, 3.05) is 11.9 Å². The van der Waals surface area contributed by atoms with Gasteiger partial charge in [0.15, 0.2) is 0 Å². The van der Waals surface area contributed by atoms with Crippen LogP contribution in [0.15, 0.2) is 10.6 Å². The van der Waals surface area contributed by atoms with Gasteiger partial charge in [-0.1, -0.05) is 25.9 Å². The highest BCUT2D eigenvalue weighted by Gasteiger charge is 2.20. The van der Waals surface area contributed by atoms with Gasteiger partial charge in [0, 0.05) is 11.5 Å². The second kappa shape index (κ2) is 5.83. The lowest BCUT2D eigenvalue weighted by Gasteiger charge is -2.12. The summed E-state index contributed by atoms with van der Waals surface area (Å²) in [5.74, 6) is -1.15. The Balaban J connectivity index is 2.49. The van der Waals surface area contributed by atoms with Gasteiger partial charge in [-0.2, -0.15) is 0 Å². The third-order valence-corrected chi connectivity index (χ3v) is 2.48. The summed E-state index contributed by atoms with van der Waals surface area (Å²) < 4.78 is 4.99. The second-order valence-electron chi connectivity index (χ2n) is 5.32. The highest BCUT2D eigenvalue weighted by atomic mass is 16.5. The molecule has 0 saturated carbocycles. The fourth-order valence-corrected chi connectivity index (χ4v) is 1.20. The number of rotatable bonds is 5. The van der Waals surface area contributed by atoms with E-state index in [0.717, 1.165) is 5.69 Å². The number of hydrogen-bond donors (Lipinski definition) is 3. The normalized spacial score (nSPS) is 13.1. The summed E-state index contributed by atoms with van der Waals surface area (Å²) in [4.78, 5) is 22.1. The molecule has 7 nitrogen and oxygen atoms in total. The predicted octanol–water partition coefficient (Wildman–Crippen LogP) is 0.973. The van der Waals surface area contributed by atoms with E-state index < -0.39 is 12.0 Å². The molecule has 7 heteroatoms. The molecule has 0 unspecified atom stereocenters. The van der Waals surface area contributed by atoms with Gasteiger partial charge in [0.1, 0.15) is 6.04 Å². The molecular weight excluding hydrogens is 250 g/mol. The van der Waals surface area contributed by atoms with E-state index in [0.29, 0.717) is 0 Å². The fourth-order valence-electron chi connectivity index (χ4n) is 1.20. The van der Waals surface area contributed by atoms with Gasteiger partial charge in [0.05, 0.1) is 12.2 Å². The minimum absolute atomic E-state index is 0.112. The molecule has 1 heterocycles. The van der Waals surface area contributed by atoms with E-state index in [4.69, 9.17) is 9.63 Å². The molecule has 3 N–H and O–H groups in total. The molecule has 1 rings (SSSR count). The SMILES string of the molecule is C[C@H](NCC(=O)Nc1cc(C(C)(C)C)no1)C(=O)O. The second-order valence-corrected chi connectivity index (χ2v) is 5.32. The monoisotopic (exact) mass is 269 g/mol. The number of nitrogens with one attached hydrogen (secondary N) is 2. The Kier molecular flexibility index (Phi) is 4.66. The largest absolute Gasteiger partial charge is 0.480 e. The highest BCUT2D eigenvalue weighted by Crippen LogP contribution is 2.23. The van der Waals surface area contributed by atoms with Crippen LogP contribution in [-0.2, 0) is 15.0 Å². The van der Waals surface area contributed by atoms with E-state index in [1.54, 1.807) is 6.07 Å². The summed E-state index contributed by atoms with van der Waals surface area (Å²) in [6.07, 6.45) is 0. The van der Waals surface area contributed by atoms with E-state index in [2.05, 4.69) is 15.8 Å². The maximum Gasteiger partial charge on any atom is 0.320 e. The summed E-state index contributed by atoms with van der Waals surface area (Å²) in [7, 11) is 0. The van der Waals surface area contributed by atoms with Gasteiger partial charge >= 0.3 is 5.97 Å². The van der Waals surface area contributed by atoms with Crippen molar-refractivity contribution < 1.29 is 19.2 Å². The Morgan fingerprint density at radius 2 is 2.11 bits per heavy atom. The number of carboxylic acid groups (broad SMARTS) is 1. The summed E-state index contributed by atoms with van der Waals surface area (Å²) in [6.45, 7) is 7.28. The zero-order valence-corrected chi connectivity index (χ0v) is 11.5. The number of aromatic nitrogens is 1. The lowest BCUT2D eigenvalue weighted by molar-refractivity contribution is -0.139. The Hall–Kier alpha value is -1.89. The van der Waals surface area contributed by atoms with Gasteiger partial charge in [0.25, 0.3) is 0 Å². The van der Waals surface area contributed by atoms with Gasteiger partial charge in [0.2, 0.25) is 11.8 Å². The van der Waals surface area contributed by atoms with Gasteiger partial charge in [-0.3, -0.25) is 20.2 Å². The first kappa shape index (κ1) is 15.2. The maximum atomic E-state index is 11.5. The van der Waals surface area contributed by atoms with Crippen LogP contribution in [0.3, 0.4) is 0 Å². The number of anilines is 1. The molecule has 0 aliphatic carbocycles. The molecular formula is C12H19N3O4. The zero-order valence-electron chi connectivity index (χ0n) is 11.5. The minimum Gasteiger partial charge on any atom is -0.480 e. The average molecular weight is 269 g/mol. The van der Waals surface area contributed by atoms with E-state index >= 15 is 0 Å². The van der Waals surface area contributed by atoms with Crippen molar-refractivity contribution >= 4 is 17.8 Å². The van der Waals surface area contributed by atoms with E-state index in [1.165, 1.54) is 6.92 Å². The minimum atomic E-state index is -1.01. The third-order valence-electron chi connectivity index (χ3n) is 2.48. The van der Waals surface area contributed by atoms with Crippen LogP contribution in [0.5, 0.6) is 0 Å². The first-order valence-corrected chi connectivity index (χ1v) is 5.93. The number of aliphatic carboxylic acids is 1. The molecule has 1 atom stereocenters. The third kappa shape index (κ3) is 4.70. The van der Waals surface area contributed by atoms with Gasteiger partial charge in [-0.25, -0.2) is 0 Å². The van der Waals surface area contributed by atoms with Gasteiger partial charge in [-0.15, -0.1) is 0 Å². The Labute approximate surface area is 111 Å². The lowest BCUT2D eigenvalue weighted by Crippen LogP contribution is -2.39. The molecule has 0 fully saturated rings. The van der Waals surface area contributed by atoms with E-state index in [1.807, 2.05) is 20.8 Å². The summed E-state index contributed by atoms with van der Waals surface area (Å²) in [5, 5.41) is 17.6. The molecule has 0 radical (unpaired) electrons. The first-order chi connectivity index (χ1) is 8.70. The van der Waals surface area contributed by atoms with Crippen LogP contribution < -0.4 is 10.6 Å². The van der Waals surface area contributed by atoms with Crippen molar-refractivity contribution in [3.8, 4) is 0 Å². The molecule has 1 amide bonds. The molecule has 0 spiro atoms. The molecule has 0 aliphatic heterocycles. The first-order valence-electron chi connectivity index (χ1n) is 5.93. The number of carbonyl (C=O) groups is 2. The summed E-state index contributed by atoms with van der Waals surface area (Å²) in [5.41, 5.74) is 0.567. The number of amides is 1. The number of carbonyl (C=O) groups excluding carboxylic acids is 1. The molecule has 1 aromatic rings. The molecule has 0 aliphatic rings.